The summed E-state index contributed by atoms with van der Waals surface area (Å²) >= 11 is 1.63. The Balaban J connectivity index is 1.62. The first-order valence-electron chi connectivity index (χ1n) is 7.20. The molecule has 2 aromatic rings. The van der Waals surface area contributed by atoms with Gasteiger partial charge in [0, 0.05) is 43.8 Å². The van der Waals surface area contributed by atoms with Gasteiger partial charge in [0.15, 0.2) is 0 Å². The van der Waals surface area contributed by atoms with Crippen LogP contribution in [0.4, 0.5) is 19.1 Å². The Morgan fingerprint density at radius 3 is 2.52 bits per heavy atom. The van der Waals surface area contributed by atoms with Crippen LogP contribution in [-0.2, 0) is 12.7 Å². The Kier molecular flexibility index (Phi) is 4.49. The molecule has 0 bridgehead atoms. The highest BCUT2D eigenvalue weighted by Gasteiger charge is 2.33. The minimum absolute atomic E-state index is 0.147. The molecule has 0 radical (unpaired) electrons. The van der Waals surface area contributed by atoms with E-state index in [0.29, 0.717) is 13.1 Å². The molecule has 5 nitrogen and oxygen atoms in total. The molecule has 1 aliphatic heterocycles. The summed E-state index contributed by atoms with van der Waals surface area (Å²) in [6.45, 7) is 5.55. The number of rotatable bonds is 3. The fraction of sp³-hybridized carbons (Fsp3) is 0.500. The molecule has 0 spiro atoms. The number of hydrogen-bond acceptors (Lipinski definition) is 6. The lowest BCUT2D eigenvalue weighted by molar-refractivity contribution is -0.141. The highest BCUT2D eigenvalue weighted by Crippen LogP contribution is 2.28. The Labute approximate surface area is 135 Å². The lowest BCUT2D eigenvalue weighted by Gasteiger charge is -2.34. The molecule has 0 atom stereocenters. The number of alkyl halides is 3. The predicted octanol–water partition coefficient (Wildman–Crippen LogP) is 2.58. The molecule has 23 heavy (non-hydrogen) atoms. The van der Waals surface area contributed by atoms with Gasteiger partial charge in [0.1, 0.15) is 5.69 Å². The van der Waals surface area contributed by atoms with E-state index in [2.05, 4.69) is 19.9 Å². The zero-order chi connectivity index (χ0) is 16.4. The molecule has 3 rings (SSSR count). The molecular formula is C14H16F3N5S. The minimum atomic E-state index is -4.44. The van der Waals surface area contributed by atoms with E-state index < -0.39 is 11.9 Å². The summed E-state index contributed by atoms with van der Waals surface area (Å²) in [6.07, 6.45) is -3.28. The molecule has 1 aliphatic rings. The number of anilines is 1. The Bertz CT molecular complexity index is 664. The van der Waals surface area contributed by atoms with Crippen LogP contribution in [0, 0.1) is 6.92 Å². The zero-order valence-electron chi connectivity index (χ0n) is 12.5. The summed E-state index contributed by atoms with van der Waals surface area (Å²) in [4.78, 5) is 17.2. The van der Waals surface area contributed by atoms with Crippen LogP contribution in [-0.4, -0.2) is 46.0 Å². The summed E-state index contributed by atoms with van der Waals surface area (Å²) in [5.74, 6) is 0.147. The Morgan fingerprint density at radius 2 is 1.91 bits per heavy atom. The monoisotopic (exact) mass is 343 g/mol. The van der Waals surface area contributed by atoms with Crippen molar-refractivity contribution in [1.82, 2.24) is 19.9 Å². The molecular weight excluding hydrogens is 327 g/mol. The number of hydrogen-bond donors (Lipinski definition) is 0. The zero-order valence-corrected chi connectivity index (χ0v) is 13.4. The van der Waals surface area contributed by atoms with Crippen molar-refractivity contribution in [3.8, 4) is 0 Å². The van der Waals surface area contributed by atoms with Gasteiger partial charge in [-0.1, -0.05) is 0 Å². The number of piperazine rings is 1. The van der Waals surface area contributed by atoms with E-state index in [1.807, 2.05) is 12.4 Å². The summed E-state index contributed by atoms with van der Waals surface area (Å²) < 4.78 is 38.2. The standard InChI is InChI=1S/C14H16F3N5S/c1-10-11(23-9-19-10)8-21-4-6-22(7-5-21)13-18-3-2-12(20-13)14(15,16)17/h2-3,9H,4-8H2,1H3. The van der Waals surface area contributed by atoms with E-state index in [1.165, 1.54) is 4.88 Å². The van der Waals surface area contributed by atoms with Crippen LogP contribution in [0.5, 0.6) is 0 Å². The highest BCUT2D eigenvalue weighted by molar-refractivity contribution is 7.09. The molecule has 0 aliphatic carbocycles. The van der Waals surface area contributed by atoms with Crippen molar-refractivity contribution < 1.29 is 13.2 Å². The van der Waals surface area contributed by atoms with Crippen LogP contribution in [0.1, 0.15) is 16.3 Å². The minimum Gasteiger partial charge on any atom is -0.338 e. The van der Waals surface area contributed by atoms with E-state index in [9.17, 15) is 13.2 Å². The van der Waals surface area contributed by atoms with Crippen molar-refractivity contribution >= 4 is 17.3 Å². The van der Waals surface area contributed by atoms with Crippen molar-refractivity contribution in [1.29, 1.82) is 0 Å². The third-order valence-corrected chi connectivity index (χ3v) is 4.72. The van der Waals surface area contributed by atoms with E-state index in [0.717, 1.165) is 37.6 Å². The van der Waals surface area contributed by atoms with Crippen molar-refractivity contribution in [2.75, 3.05) is 31.1 Å². The second-order valence-electron chi connectivity index (χ2n) is 5.36. The van der Waals surface area contributed by atoms with Gasteiger partial charge < -0.3 is 4.90 Å². The maximum absolute atomic E-state index is 12.7. The molecule has 1 saturated heterocycles. The van der Waals surface area contributed by atoms with Gasteiger partial charge in [0.05, 0.1) is 11.2 Å². The molecule has 2 aromatic heterocycles. The fourth-order valence-corrected chi connectivity index (χ4v) is 3.26. The second kappa shape index (κ2) is 6.40. The molecule has 124 valence electrons. The van der Waals surface area contributed by atoms with Crippen LogP contribution in [0.15, 0.2) is 17.8 Å². The van der Waals surface area contributed by atoms with Crippen LogP contribution in [0.25, 0.3) is 0 Å². The molecule has 0 N–H and O–H groups in total. The van der Waals surface area contributed by atoms with Gasteiger partial charge in [-0.3, -0.25) is 4.90 Å². The quantitative estimate of drug-likeness (QED) is 0.857. The summed E-state index contributed by atoms with van der Waals surface area (Å²) in [5.41, 5.74) is 1.97. The third kappa shape index (κ3) is 3.78. The second-order valence-corrected chi connectivity index (χ2v) is 6.30. The first kappa shape index (κ1) is 16.1. The van der Waals surface area contributed by atoms with Gasteiger partial charge in [0.2, 0.25) is 5.95 Å². The topological polar surface area (TPSA) is 45.2 Å². The lowest BCUT2D eigenvalue weighted by atomic mass is 10.3. The fourth-order valence-electron chi connectivity index (χ4n) is 2.45. The Morgan fingerprint density at radius 1 is 1.17 bits per heavy atom. The number of thiazole rings is 1. The van der Waals surface area contributed by atoms with Gasteiger partial charge >= 0.3 is 6.18 Å². The molecule has 0 aromatic carbocycles. The molecule has 0 unspecified atom stereocenters. The number of halogens is 3. The molecule has 0 saturated carbocycles. The van der Waals surface area contributed by atoms with Crippen molar-refractivity contribution in [2.45, 2.75) is 19.6 Å². The maximum Gasteiger partial charge on any atom is 0.433 e. The van der Waals surface area contributed by atoms with Crippen molar-refractivity contribution in [3.63, 3.8) is 0 Å². The lowest BCUT2D eigenvalue weighted by Crippen LogP contribution is -2.46. The maximum atomic E-state index is 12.7. The SMILES string of the molecule is Cc1ncsc1CN1CCN(c2nccc(C(F)(F)F)n2)CC1. The van der Waals surface area contributed by atoms with Gasteiger partial charge in [-0.15, -0.1) is 11.3 Å². The highest BCUT2D eigenvalue weighted by atomic mass is 32.1. The average Bonchev–Trinajstić information content (AvgIpc) is 2.92. The van der Waals surface area contributed by atoms with Crippen molar-refractivity contribution in [3.05, 3.63) is 34.0 Å². The van der Waals surface area contributed by atoms with Crippen LogP contribution in [0.2, 0.25) is 0 Å². The van der Waals surface area contributed by atoms with Crippen LogP contribution in [0.3, 0.4) is 0 Å². The number of aryl methyl sites for hydroxylation is 1. The predicted molar refractivity (Wildman–Crippen MR) is 81.4 cm³/mol. The van der Waals surface area contributed by atoms with Crippen LogP contribution >= 0.6 is 11.3 Å². The van der Waals surface area contributed by atoms with Crippen molar-refractivity contribution in [2.24, 2.45) is 0 Å². The van der Waals surface area contributed by atoms with E-state index in [4.69, 9.17) is 0 Å². The number of nitrogens with zero attached hydrogens (tertiary/aromatic N) is 5. The Hall–Kier alpha value is -1.74. The molecule has 9 heteroatoms. The normalized spacial score (nSPS) is 16.8. The van der Waals surface area contributed by atoms with Gasteiger partial charge in [-0.05, 0) is 13.0 Å². The largest absolute Gasteiger partial charge is 0.433 e. The summed E-state index contributed by atoms with van der Waals surface area (Å²) in [5, 5.41) is 0. The first-order valence-corrected chi connectivity index (χ1v) is 8.08. The first-order chi connectivity index (χ1) is 10.9. The molecule has 0 amide bonds. The van der Waals surface area contributed by atoms with Gasteiger partial charge in [-0.25, -0.2) is 15.0 Å². The summed E-state index contributed by atoms with van der Waals surface area (Å²) in [7, 11) is 0. The van der Waals surface area contributed by atoms with Crippen LogP contribution < -0.4 is 4.90 Å². The summed E-state index contributed by atoms with van der Waals surface area (Å²) in [6, 6.07) is 0.895. The number of aromatic nitrogens is 3. The van der Waals surface area contributed by atoms with E-state index in [1.54, 1.807) is 16.2 Å². The van der Waals surface area contributed by atoms with E-state index >= 15 is 0 Å². The average molecular weight is 343 g/mol. The third-order valence-electron chi connectivity index (χ3n) is 3.80. The smallest absolute Gasteiger partial charge is 0.338 e. The molecule has 3 heterocycles. The van der Waals surface area contributed by atoms with E-state index in [-0.39, 0.29) is 5.95 Å². The van der Waals surface area contributed by atoms with Gasteiger partial charge in [0.25, 0.3) is 0 Å². The van der Waals surface area contributed by atoms with Gasteiger partial charge in [-0.2, -0.15) is 13.2 Å². The molecule has 1 fully saturated rings.